The normalized spacial score (nSPS) is 20.0. The fraction of sp³-hybridized carbons (Fsp3) is 0.857. The molecule has 0 amide bonds. The van der Waals surface area contributed by atoms with Gasteiger partial charge in [-0.3, -0.25) is 0 Å². The van der Waals surface area contributed by atoms with E-state index >= 15 is 0 Å². The van der Waals surface area contributed by atoms with Gasteiger partial charge in [-0.05, 0) is 18.8 Å². The molecule has 1 saturated heterocycles. The molecular formula is C14H28N2. The highest BCUT2D eigenvalue weighted by Gasteiger charge is 2.16. The molecule has 0 aromatic heterocycles. The van der Waals surface area contributed by atoms with Gasteiger partial charge < -0.3 is 9.80 Å². The summed E-state index contributed by atoms with van der Waals surface area (Å²) < 4.78 is 0. The third kappa shape index (κ3) is 5.66. The third-order valence-corrected chi connectivity index (χ3v) is 3.10. The van der Waals surface area contributed by atoms with Gasteiger partial charge in [0, 0.05) is 39.3 Å². The Morgan fingerprint density at radius 2 is 1.62 bits per heavy atom. The van der Waals surface area contributed by atoms with Gasteiger partial charge >= 0.3 is 0 Å². The number of piperazine rings is 1. The molecule has 0 aliphatic carbocycles. The second kappa shape index (κ2) is 7.86. The number of nitrogens with zero attached hydrogens (tertiary/aromatic N) is 2. The van der Waals surface area contributed by atoms with Crippen molar-refractivity contribution in [3.8, 4) is 0 Å². The van der Waals surface area contributed by atoms with Crippen molar-refractivity contribution in [3.05, 3.63) is 12.2 Å². The van der Waals surface area contributed by atoms with Gasteiger partial charge in [-0.15, -0.1) is 0 Å². The first kappa shape index (κ1) is 13.7. The summed E-state index contributed by atoms with van der Waals surface area (Å²) in [6, 6.07) is 0. The van der Waals surface area contributed by atoms with Gasteiger partial charge in [-0.25, -0.2) is 0 Å². The van der Waals surface area contributed by atoms with Gasteiger partial charge in [-0.2, -0.15) is 0 Å². The molecule has 0 atom stereocenters. The molecule has 0 radical (unpaired) electrons. The topological polar surface area (TPSA) is 6.48 Å². The summed E-state index contributed by atoms with van der Waals surface area (Å²) in [4.78, 5) is 5.19. The molecule has 0 bridgehead atoms. The molecule has 0 N–H and O–H groups in total. The van der Waals surface area contributed by atoms with E-state index in [1.807, 2.05) is 0 Å². The zero-order valence-corrected chi connectivity index (χ0v) is 11.3. The number of rotatable bonds is 6. The fourth-order valence-corrected chi connectivity index (χ4v) is 2.25. The lowest BCUT2D eigenvalue weighted by Gasteiger charge is -2.35. The predicted octanol–water partition coefficient (Wildman–Crippen LogP) is 2.62. The molecule has 0 aromatic carbocycles. The van der Waals surface area contributed by atoms with Gasteiger partial charge in [0.15, 0.2) is 0 Å². The fourth-order valence-electron chi connectivity index (χ4n) is 2.25. The molecule has 94 valence electrons. The average molecular weight is 224 g/mol. The monoisotopic (exact) mass is 224 g/mol. The molecule has 1 fully saturated rings. The van der Waals surface area contributed by atoms with Crippen LogP contribution in [0.5, 0.6) is 0 Å². The molecule has 0 aromatic rings. The van der Waals surface area contributed by atoms with Crippen molar-refractivity contribution in [2.45, 2.75) is 33.6 Å². The van der Waals surface area contributed by atoms with E-state index in [-0.39, 0.29) is 0 Å². The molecule has 1 heterocycles. The van der Waals surface area contributed by atoms with Crippen molar-refractivity contribution in [2.75, 3.05) is 39.3 Å². The Hall–Kier alpha value is -0.340. The van der Waals surface area contributed by atoms with Crippen molar-refractivity contribution in [3.63, 3.8) is 0 Å². The van der Waals surface area contributed by atoms with E-state index in [4.69, 9.17) is 0 Å². The van der Waals surface area contributed by atoms with Crippen LogP contribution in [0.1, 0.15) is 33.6 Å². The summed E-state index contributed by atoms with van der Waals surface area (Å²) in [5.74, 6) is 0.805. The predicted molar refractivity (Wildman–Crippen MR) is 71.8 cm³/mol. The summed E-state index contributed by atoms with van der Waals surface area (Å²) in [7, 11) is 0. The van der Waals surface area contributed by atoms with Crippen molar-refractivity contribution >= 4 is 0 Å². The summed E-state index contributed by atoms with van der Waals surface area (Å²) in [5.41, 5.74) is 0. The minimum atomic E-state index is 0.805. The van der Waals surface area contributed by atoms with E-state index in [1.54, 1.807) is 0 Å². The lowest BCUT2D eigenvalue weighted by Crippen LogP contribution is -2.47. The summed E-state index contributed by atoms with van der Waals surface area (Å²) in [5, 5.41) is 0. The van der Waals surface area contributed by atoms with Crippen molar-refractivity contribution < 1.29 is 0 Å². The minimum absolute atomic E-state index is 0.805. The molecule has 1 aliphatic rings. The van der Waals surface area contributed by atoms with E-state index in [1.165, 1.54) is 52.1 Å². The maximum atomic E-state index is 2.60. The molecule has 0 unspecified atom stereocenters. The molecule has 0 saturated carbocycles. The highest BCUT2D eigenvalue weighted by Crippen LogP contribution is 2.05. The van der Waals surface area contributed by atoms with E-state index in [0.717, 1.165) is 5.92 Å². The number of hydrogen-bond acceptors (Lipinski definition) is 2. The van der Waals surface area contributed by atoms with Crippen LogP contribution in [-0.4, -0.2) is 49.1 Å². The van der Waals surface area contributed by atoms with Crippen LogP contribution >= 0.6 is 0 Å². The van der Waals surface area contributed by atoms with Crippen molar-refractivity contribution in [1.29, 1.82) is 0 Å². The quantitative estimate of drug-likeness (QED) is 0.640. The van der Waals surface area contributed by atoms with Crippen LogP contribution in [0.3, 0.4) is 0 Å². The second-order valence-corrected chi connectivity index (χ2v) is 5.20. The number of allylic oxidation sites excluding steroid dienone is 1. The van der Waals surface area contributed by atoms with Crippen LogP contribution in [0.15, 0.2) is 12.2 Å². The van der Waals surface area contributed by atoms with Gasteiger partial charge in [-0.1, -0.05) is 32.9 Å². The van der Waals surface area contributed by atoms with Crippen LogP contribution in [0.2, 0.25) is 0 Å². The van der Waals surface area contributed by atoms with Crippen LogP contribution in [0, 0.1) is 5.92 Å². The van der Waals surface area contributed by atoms with Gasteiger partial charge in [0.2, 0.25) is 0 Å². The summed E-state index contributed by atoms with van der Waals surface area (Å²) in [6.45, 7) is 14.4. The summed E-state index contributed by atoms with van der Waals surface area (Å²) in [6.07, 6.45) is 6.98. The smallest absolute Gasteiger partial charge is 0.0110 e. The van der Waals surface area contributed by atoms with Gasteiger partial charge in [0.05, 0.1) is 0 Å². The Balaban J connectivity index is 2.09. The molecule has 1 rings (SSSR count). The van der Waals surface area contributed by atoms with E-state index in [9.17, 15) is 0 Å². The summed E-state index contributed by atoms with van der Waals surface area (Å²) >= 11 is 0. The molecule has 0 spiro atoms. The Labute approximate surface area is 101 Å². The van der Waals surface area contributed by atoms with Crippen molar-refractivity contribution in [2.24, 2.45) is 5.92 Å². The van der Waals surface area contributed by atoms with Crippen LogP contribution < -0.4 is 0 Å². The zero-order chi connectivity index (χ0) is 11.8. The molecule has 2 nitrogen and oxygen atoms in total. The maximum Gasteiger partial charge on any atom is 0.0110 e. The molecule has 1 aliphatic heterocycles. The Bertz CT molecular complexity index is 191. The molecule has 16 heavy (non-hydrogen) atoms. The molecule has 2 heteroatoms. The highest BCUT2D eigenvalue weighted by molar-refractivity contribution is 4.82. The Kier molecular flexibility index (Phi) is 6.74. The van der Waals surface area contributed by atoms with Crippen LogP contribution in [0.25, 0.3) is 0 Å². The maximum absolute atomic E-state index is 2.60. The van der Waals surface area contributed by atoms with Gasteiger partial charge in [0.1, 0.15) is 0 Å². The van der Waals surface area contributed by atoms with Gasteiger partial charge in [0.25, 0.3) is 0 Å². The lowest BCUT2D eigenvalue weighted by molar-refractivity contribution is 0.124. The first-order chi connectivity index (χ1) is 7.72. The Morgan fingerprint density at radius 1 is 1.00 bits per heavy atom. The van der Waals surface area contributed by atoms with E-state index in [0.29, 0.717) is 0 Å². The zero-order valence-electron chi connectivity index (χ0n) is 11.3. The number of hydrogen-bond donors (Lipinski definition) is 0. The SMILES string of the molecule is CC/C=C/CCN1CCN(CC(C)C)CC1. The Morgan fingerprint density at radius 3 is 2.19 bits per heavy atom. The molecular weight excluding hydrogens is 196 g/mol. The lowest BCUT2D eigenvalue weighted by atomic mass is 10.2. The van der Waals surface area contributed by atoms with E-state index in [2.05, 4.69) is 42.7 Å². The largest absolute Gasteiger partial charge is 0.301 e. The average Bonchev–Trinajstić information content (AvgIpc) is 2.26. The van der Waals surface area contributed by atoms with E-state index < -0.39 is 0 Å². The minimum Gasteiger partial charge on any atom is -0.301 e. The first-order valence-electron chi connectivity index (χ1n) is 6.82. The standard InChI is InChI=1S/C14H28N2/c1-4-5-6-7-8-15-9-11-16(12-10-15)13-14(2)3/h5-6,14H,4,7-13H2,1-3H3/b6-5+. The second-order valence-electron chi connectivity index (χ2n) is 5.20. The third-order valence-electron chi connectivity index (χ3n) is 3.10. The van der Waals surface area contributed by atoms with Crippen LogP contribution in [0.4, 0.5) is 0 Å². The van der Waals surface area contributed by atoms with Crippen molar-refractivity contribution in [1.82, 2.24) is 9.80 Å². The first-order valence-corrected chi connectivity index (χ1v) is 6.82. The highest BCUT2D eigenvalue weighted by atomic mass is 15.3. The van der Waals surface area contributed by atoms with Crippen LogP contribution in [-0.2, 0) is 0 Å².